The fourth-order valence-corrected chi connectivity index (χ4v) is 4.70. The second-order valence-corrected chi connectivity index (χ2v) is 9.87. The number of likely N-dealkylation sites (N-methyl/N-ethyl adjacent to an activating group) is 1. The van der Waals surface area contributed by atoms with Gasteiger partial charge in [-0.3, -0.25) is 0 Å². The minimum absolute atomic E-state index is 0.0100. The summed E-state index contributed by atoms with van der Waals surface area (Å²) in [6.45, 7) is 17.8. The highest BCUT2D eigenvalue weighted by atomic mass is 16.5. The van der Waals surface area contributed by atoms with Gasteiger partial charge in [0.1, 0.15) is 12.4 Å². The van der Waals surface area contributed by atoms with Crippen LogP contribution >= 0.6 is 0 Å². The van der Waals surface area contributed by atoms with Crippen LogP contribution in [0.1, 0.15) is 68.5 Å². The lowest BCUT2D eigenvalue weighted by atomic mass is 9.81. The van der Waals surface area contributed by atoms with E-state index < -0.39 is 0 Å². The minimum Gasteiger partial charge on any atom is -0.496 e. The molecule has 1 aliphatic heterocycles. The molecule has 0 radical (unpaired) electrons. The lowest BCUT2D eigenvalue weighted by Gasteiger charge is -2.32. The maximum absolute atomic E-state index is 6.24. The number of hydrogen-bond donors (Lipinski definition) is 1. The van der Waals surface area contributed by atoms with Crippen LogP contribution in [-0.2, 0) is 11.8 Å². The van der Waals surface area contributed by atoms with Crippen molar-refractivity contribution in [1.82, 2.24) is 10.2 Å². The lowest BCUT2D eigenvalue weighted by molar-refractivity contribution is 0.217. The summed E-state index contributed by atoms with van der Waals surface area (Å²) >= 11 is 0. The third-order valence-electron chi connectivity index (χ3n) is 6.75. The zero-order valence-corrected chi connectivity index (χ0v) is 21.8. The van der Waals surface area contributed by atoms with Gasteiger partial charge in [0.15, 0.2) is 11.5 Å². The summed E-state index contributed by atoms with van der Waals surface area (Å²) in [5.41, 5.74) is 6.33. The molecule has 5 heteroatoms. The van der Waals surface area contributed by atoms with Crippen molar-refractivity contribution in [3.63, 3.8) is 0 Å². The zero-order chi connectivity index (χ0) is 24.2. The molecule has 0 spiro atoms. The molecule has 3 rings (SSSR count). The average Bonchev–Trinajstić information content (AvgIpc) is 2.80. The van der Waals surface area contributed by atoms with E-state index in [9.17, 15) is 0 Å². The van der Waals surface area contributed by atoms with Crippen molar-refractivity contribution in [2.24, 2.45) is 0 Å². The molecule has 2 aromatic rings. The van der Waals surface area contributed by atoms with Gasteiger partial charge in [0.05, 0.1) is 20.3 Å². The standard InChI is InChI=1S/C28H42N2O3/c1-9-30(10-2)13-14-33-26-18-22-20(16-25(26)32-8)11-12-29-27(22)21-17-23(28(4,5)6)24(31-7)15-19(21)3/h15-18,27,29H,9-14H2,1-8H3. The maximum atomic E-state index is 6.24. The third-order valence-corrected chi connectivity index (χ3v) is 6.75. The molecule has 0 fully saturated rings. The number of benzene rings is 2. The molecule has 5 nitrogen and oxygen atoms in total. The average molecular weight is 455 g/mol. The Hall–Kier alpha value is -2.24. The highest BCUT2D eigenvalue weighted by Gasteiger charge is 2.28. The molecule has 1 aliphatic rings. The van der Waals surface area contributed by atoms with Crippen LogP contribution in [0.25, 0.3) is 0 Å². The van der Waals surface area contributed by atoms with Gasteiger partial charge in [-0.1, -0.05) is 34.6 Å². The Morgan fingerprint density at radius 3 is 2.24 bits per heavy atom. The second-order valence-electron chi connectivity index (χ2n) is 9.87. The van der Waals surface area contributed by atoms with Gasteiger partial charge in [0.2, 0.25) is 0 Å². The SMILES string of the molecule is CCN(CC)CCOc1cc2c(cc1OC)CCNC2c1cc(C(C)(C)C)c(OC)cc1C. The van der Waals surface area contributed by atoms with Crippen LogP contribution in [0.4, 0.5) is 0 Å². The molecular weight excluding hydrogens is 412 g/mol. The Kier molecular flexibility index (Phi) is 8.30. The lowest BCUT2D eigenvalue weighted by Crippen LogP contribution is -2.32. The Balaban J connectivity index is 2.00. The number of nitrogens with one attached hydrogen (secondary N) is 1. The van der Waals surface area contributed by atoms with Crippen molar-refractivity contribution in [2.75, 3.05) is 47.0 Å². The molecule has 0 saturated heterocycles. The van der Waals surface area contributed by atoms with Gasteiger partial charge in [0.25, 0.3) is 0 Å². The van der Waals surface area contributed by atoms with E-state index in [2.05, 4.69) is 76.0 Å². The topological polar surface area (TPSA) is 43.0 Å². The summed E-state index contributed by atoms with van der Waals surface area (Å²) in [4.78, 5) is 2.37. The van der Waals surface area contributed by atoms with E-state index in [1.807, 2.05) is 0 Å². The molecule has 0 bridgehead atoms. The molecule has 1 atom stereocenters. The van der Waals surface area contributed by atoms with Gasteiger partial charge in [-0.2, -0.15) is 0 Å². The normalized spacial score (nSPS) is 16.0. The van der Waals surface area contributed by atoms with Crippen molar-refractivity contribution in [2.45, 2.75) is 59.4 Å². The third kappa shape index (κ3) is 5.64. The van der Waals surface area contributed by atoms with Gasteiger partial charge in [-0.05, 0) is 83.9 Å². The number of aryl methyl sites for hydroxylation is 1. The van der Waals surface area contributed by atoms with Crippen LogP contribution in [0.3, 0.4) is 0 Å². The fraction of sp³-hybridized carbons (Fsp3) is 0.571. The number of rotatable bonds is 9. The first-order valence-electron chi connectivity index (χ1n) is 12.2. The number of ether oxygens (including phenoxy) is 3. The van der Waals surface area contributed by atoms with E-state index >= 15 is 0 Å². The Morgan fingerprint density at radius 2 is 1.64 bits per heavy atom. The first-order valence-corrected chi connectivity index (χ1v) is 12.2. The molecule has 1 heterocycles. The number of nitrogens with zero attached hydrogens (tertiary/aromatic N) is 1. The van der Waals surface area contributed by atoms with Gasteiger partial charge in [-0.15, -0.1) is 0 Å². The van der Waals surface area contributed by atoms with Crippen LogP contribution in [0, 0.1) is 6.92 Å². The largest absolute Gasteiger partial charge is 0.496 e. The quantitative estimate of drug-likeness (QED) is 0.559. The van der Waals surface area contributed by atoms with E-state index in [-0.39, 0.29) is 11.5 Å². The maximum Gasteiger partial charge on any atom is 0.161 e. The van der Waals surface area contributed by atoms with Crippen LogP contribution in [0.2, 0.25) is 0 Å². The zero-order valence-electron chi connectivity index (χ0n) is 21.8. The molecule has 1 unspecified atom stereocenters. The predicted molar refractivity (Wildman–Crippen MR) is 136 cm³/mol. The number of hydrogen-bond acceptors (Lipinski definition) is 5. The van der Waals surface area contributed by atoms with E-state index in [0.29, 0.717) is 6.61 Å². The first-order chi connectivity index (χ1) is 15.7. The van der Waals surface area contributed by atoms with Crippen molar-refractivity contribution in [3.8, 4) is 17.2 Å². The summed E-state index contributed by atoms with van der Waals surface area (Å²) < 4.78 is 17.7. The summed E-state index contributed by atoms with van der Waals surface area (Å²) in [5, 5.41) is 3.76. The molecule has 182 valence electrons. The first kappa shape index (κ1) is 25.4. The Labute approximate surface area is 200 Å². The van der Waals surface area contributed by atoms with Gasteiger partial charge in [-0.25, -0.2) is 0 Å². The Morgan fingerprint density at radius 1 is 0.939 bits per heavy atom. The highest BCUT2D eigenvalue weighted by molar-refractivity contribution is 5.54. The monoisotopic (exact) mass is 454 g/mol. The van der Waals surface area contributed by atoms with Crippen LogP contribution in [-0.4, -0.2) is 51.9 Å². The predicted octanol–water partition coefficient (Wildman–Crippen LogP) is 5.27. The number of fused-ring (bicyclic) bond motifs is 1. The molecule has 0 aromatic heterocycles. The van der Waals surface area contributed by atoms with Crippen LogP contribution in [0.5, 0.6) is 17.2 Å². The molecule has 2 aromatic carbocycles. The van der Waals surface area contributed by atoms with Crippen molar-refractivity contribution in [1.29, 1.82) is 0 Å². The van der Waals surface area contributed by atoms with E-state index in [4.69, 9.17) is 14.2 Å². The van der Waals surface area contributed by atoms with Crippen molar-refractivity contribution in [3.05, 3.63) is 52.1 Å². The van der Waals surface area contributed by atoms with E-state index in [1.165, 1.54) is 27.8 Å². The molecule has 33 heavy (non-hydrogen) atoms. The molecule has 0 amide bonds. The van der Waals surface area contributed by atoms with Gasteiger partial charge in [0, 0.05) is 13.1 Å². The summed E-state index contributed by atoms with van der Waals surface area (Å²) in [6, 6.07) is 8.97. The van der Waals surface area contributed by atoms with E-state index in [0.717, 1.165) is 49.8 Å². The summed E-state index contributed by atoms with van der Waals surface area (Å²) in [7, 11) is 3.48. The van der Waals surface area contributed by atoms with Gasteiger partial charge < -0.3 is 24.4 Å². The van der Waals surface area contributed by atoms with E-state index in [1.54, 1.807) is 14.2 Å². The van der Waals surface area contributed by atoms with Gasteiger partial charge >= 0.3 is 0 Å². The van der Waals surface area contributed by atoms with Crippen LogP contribution in [0.15, 0.2) is 24.3 Å². The Bertz CT molecular complexity index is 945. The van der Waals surface area contributed by atoms with Crippen molar-refractivity contribution < 1.29 is 14.2 Å². The van der Waals surface area contributed by atoms with Crippen molar-refractivity contribution >= 4 is 0 Å². The molecule has 0 saturated carbocycles. The molecule has 0 aliphatic carbocycles. The fourth-order valence-electron chi connectivity index (χ4n) is 4.70. The molecular formula is C28H42N2O3. The summed E-state index contributed by atoms with van der Waals surface area (Å²) in [6.07, 6.45) is 0.975. The molecule has 1 N–H and O–H groups in total. The number of methoxy groups -OCH3 is 2. The minimum atomic E-state index is -0.0100. The van der Waals surface area contributed by atoms with Crippen LogP contribution < -0.4 is 19.5 Å². The smallest absolute Gasteiger partial charge is 0.161 e. The summed E-state index contributed by atoms with van der Waals surface area (Å²) in [5.74, 6) is 2.59. The highest BCUT2D eigenvalue weighted by Crippen LogP contribution is 2.41. The second kappa shape index (κ2) is 10.8.